The molecular formula is C54H96O3. The molecule has 0 saturated carbocycles. The Balaban J connectivity index is 2.13. The SMILES string of the molecule is CC(=CCCC(C)(O)CCC1=C(C)C(=O)C(C)=C(C)C1=O)CCC=C(C)CCCC(C)CCCC(C)CCCC(C)CCCC(C)CCCC(C)CCCC(C)C. The number of hydrogen-bond acceptors (Lipinski definition) is 3. The van der Waals surface area contributed by atoms with Crippen LogP contribution in [0.2, 0.25) is 0 Å². The Morgan fingerprint density at radius 3 is 1.32 bits per heavy atom. The highest BCUT2D eigenvalue weighted by Gasteiger charge is 2.29. The average molecular weight is 793 g/mol. The van der Waals surface area contributed by atoms with Crippen molar-refractivity contribution in [1.29, 1.82) is 0 Å². The van der Waals surface area contributed by atoms with Crippen molar-refractivity contribution < 1.29 is 14.7 Å². The van der Waals surface area contributed by atoms with Gasteiger partial charge in [0.1, 0.15) is 0 Å². The number of carbonyl (C=O) groups excluding carboxylic acids is 2. The van der Waals surface area contributed by atoms with Gasteiger partial charge in [-0.2, -0.15) is 0 Å². The van der Waals surface area contributed by atoms with Crippen molar-refractivity contribution in [1.82, 2.24) is 0 Å². The molecule has 0 heterocycles. The molecule has 0 amide bonds. The third kappa shape index (κ3) is 24.8. The lowest BCUT2D eigenvalue weighted by molar-refractivity contribution is -0.116. The lowest BCUT2D eigenvalue weighted by Crippen LogP contribution is -2.26. The van der Waals surface area contributed by atoms with Crippen LogP contribution in [0.1, 0.15) is 244 Å². The number of aliphatic hydroxyl groups is 1. The molecule has 0 aromatic carbocycles. The second kappa shape index (κ2) is 29.5. The van der Waals surface area contributed by atoms with E-state index in [-0.39, 0.29) is 11.6 Å². The molecule has 3 nitrogen and oxygen atoms in total. The number of ketones is 2. The van der Waals surface area contributed by atoms with Crippen molar-refractivity contribution in [2.75, 3.05) is 0 Å². The molecule has 0 bridgehead atoms. The molecule has 6 atom stereocenters. The smallest absolute Gasteiger partial charge is 0.185 e. The molecule has 0 aromatic rings. The molecule has 0 aliphatic heterocycles. The van der Waals surface area contributed by atoms with Crippen molar-refractivity contribution in [3.05, 3.63) is 45.6 Å². The topological polar surface area (TPSA) is 54.4 Å². The monoisotopic (exact) mass is 793 g/mol. The van der Waals surface area contributed by atoms with Crippen molar-refractivity contribution in [3.63, 3.8) is 0 Å². The molecule has 0 radical (unpaired) electrons. The molecule has 0 aromatic heterocycles. The molecule has 1 aliphatic rings. The fourth-order valence-corrected chi connectivity index (χ4v) is 8.94. The fraction of sp³-hybridized carbons (Fsp3) is 0.815. The summed E-state index contributed by atoms with van der Waals surface area (Å²) in [6.07, 6.45) is 34.3. The maximum absolute atomic E-state index is 12.8. The van der Waals surface area contributed by atoms with Crippen LogP contribution in [0, 0.1) is 35.5 Å². The van der Waals surface area contributed by atoms with Crippen LogP contribution in [-0.2, 0) is 9.59 Å². The van der Waals surface area contributed by atoms with Gasteiger partial charge >= 0.3 is 0 Å². The molecule has 0 fully saturated rings. The van der Waals surface area contributed by atoms with E-state index < -0.39 is 5.60 Å². The van der Waals surface area contributed by atoms with Crippen LogP contribution in [0.3, 0.4) is 0 Å². The lowest BCUT2D eigenvalue weighted by atomic mass is 9.82. The third-order valence-corrected chi connectivity index (χ3v) is 13.8. The van der Waals surface area contributed by atoms with Gasteiger partial charge < -0.3 is 5.11 Å². The Kier molecular flexibility index (Phi) is 27.6. The van der Waals surface area contributed by atoms with Crippen LogP contribution in [0.5, 0.6) is 0 Å². The van der Waals surface area contributed by atoms with E-state index in [2.05, 4.69) is 74.5 Å². The van der Waals surface area contributed by atoms with Gasteiger partial charge in [-0.3, -0.25) is 9.59 Å². The summed E-state index contributed by atoms with van der Waals surface area (Å²) in [5, 5.41) is 11.0. The van der Waals surface area contributed by atoms with Crippen molar-refractivity contribution >= 4 is 11.6 Å². The van der Waals surface area contributed by atoms with E-state index in [1.165, 1.54) is 127 Å². The van der Waals surface area contributed by atoms with Gasteiger partial charge in [-0.25, -0.2) is 0 Å². The first kappa shape index (κ1) is 53.3. The van der Waals surface area contributed by atoms with E-state index in [0.29, 0.717) is 41.6 Å². The second-order valence-electron chi connectivity index (χ2n) is 20.7. The highest BCUT2D eigenvalue weighted by Crippen LogP contribution is 2.31. The minimum absolute atomic E-state index is 0.0376. The van der Waals surface area contributed by atoms with Gasteiger partial charge in [0.25, 0.3) is 0 Å². The highest BCUT2D eigenvalue weighted by molar-refractivity contribution is 6.24. The number of Topliss-reactive ketones (excluding diaryl/α,β-unsaturated/α-hetero) is 2. The summed E-state index contributed by atoms with van der Waals surface area (Å²) in [7, 11) is 0. The molecule has 6 unspecified atom stereocenters. The lowest BCUT2D eigenvalue weighted by Gasteiger charge is -2.25. The average Bonchev–Trinajstić information content (AvgIpc) is 3.13. The van der Waals surface area contributed by atoms with Gasteiger partial charge in [-0.1, -0.05) is 174 Å². The summed E-state index contributed by atoms with van der Waals surface area (Å²) < 4.78 is 0. The van der Waals surface area contributed by atoms with E-state index in [0.717, 1.165) is 54.8 Å². The summed E-state index contributed by atoms with van der Waals surface area (Å²) in [6, 6.07) is 0. The first-order valence-corrected chi connectivity index (χ1v) is 24.3. The Bertz CT molecular complexity index is 1270. The molecule has 330 valence electrons. The predicted octanol–water partition coefficient (Wildman–Crippen LogP) is 16.6. The predicted molar refractivity (Wildman–Crippen MR) is 251 cm³/mol. The Labute approximate surface area is 355 Å². The van der Waals surface area contributed by atoms with Crippen LogP contribution in [-0.4, -0.2) is 22.3 Å². The molecule has 1 N–H and O–H groups in total. The third-order valence-electron chi connectivity index (χ3n) is 13.8. The van der Waals surface area contributed by atoms with Crippen molar-refractivity contribution in [2.24, 2.45) is 35.5 Å². The van der Waals surface area contributed by atoms with E-state index in [9.17, 15) is 14.7 Å². The molecule has 3 heteroatoms. The summed E-state index contributed by atoms with van der Waals surface area (Å²) >= 11 is 0. The molecule has 57 heavy (non-hydrogen) atoms. The number of carbonyl (C=O) groups is 2. The zero-order valence-electron chi connectivity index (χ0n) is 40.4. The minimum Gasteiger partial charge on any atom is -0.390 e. The molecule has 1 rings (SSSR count). The summed E-state index contributed by atoms with van der Waals surface area (Å²) in [5.74, 6) is 5.18. The van der Waals surface area contributed by atoms with Gasteiger partial charge in [0.15, 0.2) is 11.6 Å². The van der Waals surface area contributed by atoms with Crippen LogP contribution >= 0.6 is 0 Å². The highest BCUT2D eigenvalue weighted by atomic mass is 16.3. The quantitative estimate of drug-likeness (QED) is 0.0532. The molecule has 0 saturated heterocycles. The zero-order valence-corrected chi connectivity index (χ0v) is 40.4. The largest absolute Gasteiger partial charge is 0.390 e. The first-order chi connectivity index (χ1) is 26.8. The summed E-state index contributed by atoms with van der Waals surface area (Å²) in [5.41, 5.74) is 4.23. The van der Waals surface area contributed by atoms with Crippen LogP contribution < -0.4 is 0 Å². The fourth-order valence-electron chi connectivity index (χ4n) is 8.94. The van der Waals surface area contributed by atoms with Crippen molar-refractivity contribution in [2.45, 2.75) is 250 Å². The van der Waals surface area contributed by atoms with E-state index >= 15 is 0 Å². The van der Waals surface area contributed by atoms with Crippen molar-refractivity contribution in [3.8, 4) is 0 Å². The van der Waals surface area contributed by atoms with E-state index in [1.807, 2.05) is 6.92 Å². The molecule has 0 spiro atoms. The van der Waals surface area contributed by atoms with E-state index in [4.69, 9.17) is 0 Å². The minimum atomic E-state index is -0.869. The maximum atomic E-state index is 12.8. The van der Waals surface area contributed by atoms with Gasteiger partial charge in [0.2, 0.25) is 0 Å². The summed E-state index contributed by atoms with van der Waals surface area (Å²) in [4.78, 5) is 25.2. The van der Waals surface area contributed by atoms with Gasteiger partial charge in [-0.05, 0) is 128 Å². The molecular weight excluding hydrogens is 697 g/mol. The summed E-state index contributed by atoms with van der Waals surface area (Å²) in [6.45, 7) is 28.7. The first-order valence-electron chi connectivity index (χ1n) is 24.3. The number of allylic oxidation sites excluding steroid dienone is 8. The van der Waals surface area contributed by atoms with Gasteiger partial charge in [-0.15, -0.1) is 0 Å². The normalized spacial score (nSPS) is 18.4. The number of rotatable bonds is 33. The maximum Gasteiger partial charge on any atom is 0.185 e. The van der Waals surface area contributed by atoms with Gasteiger partial charge in [0, 0.05) is 22.3 Å². The Morgan fingerprint density at radius 2 is 0.877 bits per heavy atom. The Morgan fingerprint density at radius 1 is 0.509 bits per heavy atom. The van der Waals surface area contributed by atoms with Gasteiger partial charge in [0.05, 0.1) is 5.60 Å². The second-order valence-corrected chi connectivity index (χ2v) is 20.7. The molecule has 1 aliphatic carbocycles. The standard InChI is InChI=1S/C54H96O3/c1-40(2)22-14-23-41(3)24-15-25-42(4)26-16-27-43(5)28-17-29-44(6)30-18-31-45(7)32-19-33-46(8)34-20-35-47(9)36-21-38-54(13,57)39-37-51-50(12)52(55)48(10)49(11)53(51)56/h34,36,40-45,57H,14-33,35,37-39H2,1-13H3. The van der Waals surface area contributed by atoms with Crippen LogP contribution in [0.25, 0.3) is 0 Å². The van der Waals surface area contributed by atoms with E-state index in [1.54, 1.807) is 20.8 Å². The zero-order chi connectivity index (χ0) is 43.0. The number of hydrogen-bond donors (Lipinski definition) is 1. The van der Waals surface area contributed by atoms with Crippen LogP contribution in [0.15, 0.2) is 45.6 Å². The van der Waals surface area contributed by atoms with Crippen LogP contribution in [0.4, 0.5) is 0 Å². The Hall–Kier alpha value is -1.74.